The first-order valence-electron chi connectivity index (χ1n) is 5.38. The lowest BCUT2D eigenvalue weighted by Gasteiger charge is -2.24. The van der Waals surface area contributed by atoms with Crippen molar-refractivity contribution in [3.05, 3.63) is 11.8 Å². The van der Waals surface area contributed by atoms with E-state index in [2.05, 4.69) is 44.9 Å². The molecule has 0 fully saturated rings. The van der Waals surface area contributed by atoms with E-state index in [0.29, 0.717) is 11.5 Å². The molecule has 0 bridgehead atoms. The van der Waals surface area contributed by atoms with Crippen LogP contribution in [0.5, 0.6) is 0 Å². The predicted molar refractivity (Wildman–Crippen MR) is 62.5 cm³/mol. The van der Waals surface area contributed by atoms with Crippen LogP contribution in [0.1, 0.15) is 47.5 Å². The molecule has 1 rings (SSSR count). The van der Waals surface area contributed by atoms with Crippen LogP contribution >= 0.6 is 0 Å². The summed E-state index contributed by atoms with van der Waals surface area (Å²) in [5.41, 5.74) is 1.70. The first-order chi connectivity index (χ1) is 6.38. The lowest BCUT2D eigenvalue weighted by molar-refractivity contribution is 0.384. The molecule has 80 valence electrons. The summed E-state index contributed by atoms with van der Waals surface area (Å²) in [5, 5.41) is 3.42. The zero-order valence-electron chi connectivity index (χ0n) is 10.0. The molecule has 1 atom stereocenters. The molecule has 0 aliphatic carbocycles. The van der Waals surface area contributed by atoms with Crippen molar-refractivity contribution >= 4 is 5.84 Å². The molecule has 1 unspecified atom stereocenters. The molecule has 0 aromatic carbocycles. The summed E-state index contributed by atoms with van der Waals surface area (Å²) in [6.07, 6.45) is 4.22. The highest BCUT2D eigenvalue weighted by molar-refractivity contribution is 5.84. The number of nitrogens with zero attached hydrogens (tertiary/aromatic N) is 1. The fourth-order valence-corrected chi connectivity index (χ4v) is 1.32. The fourth-order valence-electron chi connectivity index (χ4n) is 1.32. The highest BCUT2D eigenvalue weighted by Crippen LogP contribution is 2.21. The molecule has 0 aromatic heterocycles. The van der Waals surface area contributed by atoms with Crippen LogP contribution in [0.15, 0.2) is 16.8 Å². The van der Waals surface area contributed by atoms with Crippen molar-refractivity contribution < 1.29 is 0 Å². The third-order valence-corrected chi connectivity index (χ3v) is 2.60. The average Bonchev–Trinajstić information content (AvgIpc) is 2.06. The molecule has 0 radical (unpaired) electrons. The first-order valence-corrected chi connectivity index (χ1v) is 5.38. The van der Waals surface area contributed by atoms with Gasteiger partial charge in [-0.15, -0.1) is 0 Å². The lowest BCUT2D eigenvalue weighted by Crippen LogP contribution is -2.36. The second kappa shape index (κ2) is 4.16. The minimum Gasteiger partial charge on any atom is -0.367 e. The Morgan fingerprint density at radius 1 is 1.43 bits per heavy atom. The van der Waals surface area contributed by atoms with Gasteiger partial charge in [0.05, 0.1) is 0 Å². The van der Waals surface area contributed by atoms with Gasteiger partial charge in [0.15, 0.2) is 0 Å². The quantitative estimate of drug-likeness (QED) is 0.717. The van der Waals surface area contributed by atoms with Gasteiger partial charge in [-0.3, -0.25) is 0 Å². The van der Waals surface area contributed by atoms with Crippen LogP contribution in [-0.2, 0) is 0 Å². The van der Waals surface area contributed by atoms with E-state index in [4.69, 9.17) is 0 Å². The largest absolute Gasteiger partial charge is 0.367 e. The highest BCUT2D eigenvalue weighted by Gasteiger charge is 2.15. The van der Waals surface area contributed by atoms with Crippen LogP contribution in [-0.4, -0.2) is 11.9 Å². The Morgan fingerprint density at radius 2 is 2.07 bits per heavy atom. The van der Waals surface area contributed by atoms with Gasteiger partial charge in [-0.2, -0.15) is 0 Å². The first kappa shape index (κ1) is 11.3. The highest BCUT2D eigenvalue weighted by atomic mass is 15.0. The maximum atomic E-state index is 4.41. The second-order valence-corrected chi connectivity index (χ2v) is 5.38. The topological polar surface area (TPSA) is 24.4 Å². The molecule has 0 saturated carbocycles. The second-order valence-electron chi connectivity index (χ2n) is 5.38. The summed E-state index contributed by atoms with van der Waals surface area (Å²) in [5.74, 6) is 1.14. The van der Waals surface area contributed by atoms with Gasteiger partial charge in [0.1, 0.15) is 5.84 Å². The number of amidine groups is 1. The molecule has 1 aliphatic rings. The number of hydrogen-bond donors (Lipinski definition) is 1. The zero-order valence-corrected chi connectivity index (χ0v) is 10.0. The normalized spacial score (nSPS) is 22.5. The maximum absolute atomic E-state index is 4.41. The van der Waals surface area contributed by atoms with Crippen molar-refractivity contribution in [3.8, 4) is 0 Å². The summed E-state index contributed by atoms with van der Waals surface area (Å²) >= 11 is 0. The molecule has 0 spiro atoms. The van der Waals surface area contributed by atoms with Gasteiger partial charge in [-0.25, -0.2) is 4.99 Å². The van der Waals surface area contributed by atoms with Crippen LogP contribution in [0.3, 0.4) is 0 Å². The van der Waals surface area contributed by atoms with E-state index in [9.17, 15) is 0 Å². The molecular weight excluding hydrogens is 172 g/mol. The molecule has 1 aliphatic heterocycles. The van der Waals surface area contributed by atoms with Gasteiger partial charge in [-0.1, -0.05) is 20.8 Å². The third-order valence-electron chi connectivity index (χ3n) is 2.60. The Kier molecular flexibility index (Phi) is 3.35. The monoisotopic (exact) mass is 194 g/mol. The van der Waals surface area contributed by atoms with Gasteiger partial charge >= 0.3 is 0 Å². The zero-order chi connectivity index (χ0) is 10.8. The van der Waals surface area contributed by atoms with E-state index in [1.54, 1.807) is 0 Å². The van der Waals surface area contributed by atoms with Crippen molar-refractivity contribution in [2.24, 2.45) is 10.4 Å². The predicted octanol–water partition coefficient (Wildman–Crippen LogP) is 3.11. The molecular formula is C12H22N2. The number of aliphatic imine (C=N–C) groups is 1. The number of hydrogen-bond acceptors (Lipinski definition) is 2. The van der Waals surface area contributed by atoms with E-state index in [-0.39, 0.29) is 0 Å². The van der Waals surface area contributed by atoms with E-state index < -0.39 is 0 Å². The molecule has 1 N–H and O–H groups in total. The summed E-state index contributed by atoms with van der Waals surface area (Å²) < 4.78 is 0. The van der Waals surface area contributed by atoms with Crippen molar-refractivity contribution in [3.63, 3.8) is 0 Å². The Bertz CT molecular complexity index is 256. The Hall–Kier alpha value is -0.790. The van der Waals surface area contributed by atoms with E-state index in [1.165, 1.54) is 12.0 Å². The van der Waals surface area contributed by atoms with Crippen LogP contribution in [0.4, 0.5) is 0 Å². The standard InChI is InChI=1S/C12H22N2/c1-9-8-13-11(14-10(9)2)6-7-12(3,4)5/h8,10H,6-7H2,1-5H3,(H,13,14). The van der Waals surface area contributed by atoms with Crippen LogP contribution in [0, 0.1) is 5.41 Å². The average molecular weight is 194 g/mol. The minimum atomic E-state index is 0.393. The van der Waals surface area contributed by atoms with Gasteiger partial charge in [0, 0.05) is 18.7 Å². The van der Waals surface area contributed by atoms with Crippen LogP contribution in [0.2, 0.25) is 0 Å². The van der Waals surface area contributed by atoms with Gasteiger partial charge in [-0.05, 0) is 31.3 Å². The molecule has 0 aromatic rings. The molecule has 14 heavy (non-hydrogen) atoms. The molecule has 1 heterocycles. The fraction of sp³-hybridized carbons (Fsp3) is 0.750. The van der Waals surface area contributed by atoms with Crippen molar-refractivity contribution in [1.29, 1.82) is 0 Å². The summed E-state index contributed by atoms with van der Waals surface area (Å²) in [6.45, 7) is 11.1. The van der Waals surface area contributed by atoms with Gasteiger partial charge < -0.3 is 5.32 Å². The minimum absolute atomic E-state index is 0.393. The van der Waals surface area contributed by atoms with Crippen LogP contribution < -0.4 is 5.32 Å². The Labute approximate surface area is 87.5 Å². The van der Waals surface area contributed by atoms with Gasteiger partial charge in [0.2, 0.25) is 0 Å². The maximum Gasteiger partial charge on any atom is 0.102 e. The van der Waals surface area contributed by atoms with Crippen molar-refractivity contribution in [2.45, 2.75) is 53.5 Å². The van der Waals surface area contributed by atoms with Crippen LogP contribution in [0.25, 0.3) is 0 Å². The smallest absolute Gasteiger partial charge is 0.102 e. The molecule has 0 amide bonds. The van der Waals surface area contributed by atoms with Crippen molar-refractivity contribution in [1.82, 2.24) is 5.32 Å². The number of nitrogens with one attached hydrogen (secondary N) is 1. The van der Waals surface area contributed by atoms with Crippen molar-refractivity contribution in [2.75, 3.05) is 0 Å². The molecule has 2 heteroatoms. The molecule has 0 saturated heterocycles. The SMILES string of the molecule is CC1=CN=C(CCC(C)(C)C)NC1C. The third kappa shape index (κ3) is 3.52. The summed E-state index contributed by atoms with van der Waals surface area (Å²) in [7, 11) is 0. The summed E-state index contributed by atoms with van der Waals surface area (Å²) in [4.78, 5) is 4.41. The lowest BCUT2D eigenvalue weighted by atomic mass is 9.90. The summed E-state index contributed by atoms with van der Waals surface area (Å²) in [6, 6.07) is 0.447. The number of rotatable bonds is 2. The Balaban J connectivity index is 2.48. The Morgan fingerprint density at radius 3 is 2.57 bits per heavy atom. The van der Waals surface area contributed by atoms with E-state index in [1.807, 2.05) is 6.20 Å². The van der Waals surface area contributed by atoms with Gasteiger partial charge in [0.25, 0.3) is 0 Å². The van der Waals surface area contributed by atoms with E-state index >= 15 is 0 Å². The van der Waals surface area contributed by atoms with E-state index in [0.717, 1.165) is 12.3 Å². The molecule has 2 nitrogen and oxygen atoms in total.